The fraction of sp³-hybridized carbons (Fsp3) is 0.182. The van der Waals surface area contributed by atoms with Crippen LogP contribution in [-0.4, -0.2) is 22.6 Å². The monoisotopic (exact) mass is 247 g/mol. The number of guanidine groups is 1. The predicted molar refractivity (Wildman–Crippen MR) is 72.1 cm³/mol. The van der Waals surface area contributed by atoms with Crippen LogP contribution in [0.1, 0.15) is 5.56 Å². The van der Waals surface area contributed by atoms with Gasteiger partial charge in [-0.3, -0.25) is 4.98 Å². The molecule has 0 unspecified atom stereocenters. The first-order valence-corrected chi connectivity index (χ1v) is 5.30. The zero-order valence-corrected chi connectivity index (χ0v) is 10.00. The van der Waals surface area contributed by atoms with Crippen LogP contribution in [0, 0.1) is 12.3 Å². The minimum atomic E-state index is 0.201. The standard InChI is InChI=1S/C11H13N5S/c1-2-5-14-10(12)16-11(17)15-8-9-4-3-6-13-7-9/h1,3-4,6-7H,5,8H2,(H4,12,14,15,16,17). The molecule has 0 fully saturated rings. The molecule has 0 saturated heterocycles. The van der Waals surface area contributed by atoms with Crippen molar-refractivity contribution < 1.29 is 0 Å². The molecule has 1 aromatic heterocycles. The van der Waals surface area contributed by atoms with Crippen molar-refractivity contribution in [2.45, 2.75) is 6.54 Å². The van der Waals surface area contributed by atoms with Gasteiger partial charge in [0.1, 0.15) is 6.54 Å². The van der Waals surface area contributed by atoms with Crippen LogP contribution in [0.3, 0.4) is 0 Å². The van der Waals surface area contributed by atoms with Crippen LogP contribution in [0.4, 0.5) is 0 Å². The lowest BCUT2D eigenvalue weighted by Crippen LogP contribution is -2.43. The van der Waals surface area contributed by atoms with E-state index in [0.29, 0.717) is 11.7 Å². The van der Waals surface area contributed by atoms with Gasteiger partial charge in [-0.05, 0) is 23.8 Å². The molecule has 0 aliphatic heterocycles. The zero-order chi connectivity index (χ0) is 12.5. The molecule has 0 bridgehead atoms. The largest absolute Gasteiger partial charge is 0.370 e. The molecule has 5 nitrogen and oxygen atoms in total. The lowest BCUT2D eigenvalue weighted by atomic mass is 10.3. The molecule has 88 valence electrons. The molecular formula is C11H13N5S. The lowest BCUT2D eigenvalue weighted by Gasteiger charge is -2.09. The number of terminal acetylenes is 1. The number of nitrogens with two attached hydrogens (primary N) is 1. The van der Waals surface area contributed by atoms with Gasteiger partial charge in [0.05, 0.1) is 0 Å². The van der Waals surface area contributed by atoms with Crippen molar-refractivity contribution in [3.05, 3.63) is 30.1 Å². The molecule has 0 saturated carbocycles. The highest BCUT2D eigenvalue weighted by Crippen LogP contribution is 1.93. The van der Waals surface area contributed by atoms with Crippen LogP contribution in [0.25, 0.3) is 0 Å². The lowest BCUT2D eigenvalue weighted by molar-refractivity contribution is 0.897. The van der Waals surface area contributed by atoms with E-state index in [9.17, 15) is 0 Å². The van der Waals surface area contributed by atoms with Crippen molar-refractivity contribution in [3.8, 4) is 12.3 Å². The van der Waals surface area contributed by atoms with E-state index in [-0.39, 0.29) is 12.5 Å². The Labute approximate surface area is 106 Å². The van der Waals surface area contributed by atoms with Crippen LogP contribution < -0.4 is 16.4 Å². The normalized spacial score (nSPS) is 10.4. The van der Waals surface area contributed by atoms with Gasteiger partial charge in [0.15, 0.2) is 11.1 Å². The Morgan fingerprint density at radius 2 is 2.47 bits per heavy atom. The molecule has 0 amide bonds. The summed E-state index contributed by atoms with van der Waals surface area (Å²) in [6.07, 6.45) is 8.51. The summed E-state index contributed by atoms with van der Waals surface area (Å²) in [6.45, 7) is 0.798. The third-order valence-corrected chi connectivity index (χ3v) is 2.00. The molecule has 1 aromatic rings. The predicted octanol–water partition coefficient (Wildman–Crippen LogP) is -0.00640. The van der Waals surface area contributed by atoms with E-state index in [1.54, 1.807) is 12.4 Å². The van der Waals surface area contributed by atoms with Gasteiger partial charge >= 0.3 is 0 Å². The summed E-state index contributed by atoms with van der Waals surface area (Å²) < 4.78 is 0. The molecule has 4 N–H and O–H groups in total. The molecule has 17 heavy (non-hydrogen) atoms. The minimum Gasteiger partial charge on any atom is -0.370 e. The number of thiocarbonyl (C=S) groups is 1. The summed E-state index contributed by atoms with van der Waals surface area (Å²) in [7, 11) is 0. The second-order valence-corrected chi connectivity index (χ2v) is 3.48. The minimum absolute atomic E-state index is 0.201. The molecule has 0 radical (unpaired) electrons. The Bertz CT molecular complexity index is 435. The average Bonchev–Trinajstić information content (AvgIpc) is 2.35. The summed E-state index contributed by atoms with van der Waals surface area (Å²) >= 11 is 5.02. The summed E-state index contributed by atoms with van der Waals surface area (Å²) in [4.78, 5) is 7.83. The van der Waals surface area contributed by atoms with E-state index in [4.69, 9.17) is 24.4 Å². The Kier molecular flexibility index (Phi) is 5.47. The highest BCUT2D eigenvalue weighted by Gasteiger charge is 1.97. The maximum Gasteiger partial charge on any atom is 0.195 e. The second-order valence-electron chi connectivity index (χ2n) is 3.07. The molecule has 0 aromatic carbocycles. The first-order chi connectivity index (χ1) is 8.22. The third kappa shape index (κ3) is 5.49. The van der Waals surface area contributed by atoms with E-state index in [1.807, 2.05) is 12.1 Å². The van der Waals surface area contributed by atoms with Crippen LogP contribution in [-0.2, 0) is 6.54 Å². The quantitative estimate of drug-likeness (QED) is 0.303. The van der Waals surface area contributed by atoms with Gasteiger partial charge in [-0.25, -0.2) is 4.99 Å². The maximum absolute atomic E-state index is 5.53. The molecule has 0 aliphatic carbocycles. The fourth-order valence-electron chi connectivity index (χ4n) is 1.02. The number of rotatable bonds is 3. The van der Waals surface area contributed by atoms with E-state index in [2.05, 4.69) is 26.5 Å². The van der Waals surface area contributed by atoms with Crippen molar-refractivity contribution in [1.82, 2.24) is 15.6 Å². The number of hydrogen-bond acceptors (Lipinski definition) is 3. The van der Waals surface area contributed by atoms with Crippen molar-refractivity contribution in [2.75, 3.05) is 6.54 Å². The smallest absolute Gasteiger partial charge is 0.195 e. The summed E-state index contributed by atoms with van der Waals surface area (Å²) in [6, 6.07) is 3.80. The van der Waals surface area contributed by atoms with E-state index in [0.717, 1.165) is 5.56 Å². The van der Waals surface area contributed by atoms with E-state index < -0.39 is 0 Å². The first kappa shape index (κ1) is 12.9. The maximum atomic E-state index is 5.53. The number of pyridine rings is 1. The van der Waals surface area contributed by atoms with Crippen molar-refractivity contribution in [2.24, 2.45) is 10.7 Å². The third-order valence-electron chi connectivity index (χ3n) is 1.76. The van der Waals surface area contributed by atoms with Crippen molar-refractivity contribution >= 4 is 23.3 Å². The Balaban J connectivity index is 2.34. The summed E-state index contributed by atoms with van der Waals surface area (Å²) in [5, 5.41) is 6.09. The summed E-state index contributed by atoms with van der Waals surface area (Å²) in [5.41, 5.74) is 6.56. The van der Waals surface area contributed by atoms with Crippen LogP contribution in [0.15, 0.2) is 29.5 Å². The highest BCUT2D eigenvalue weighted by molar-refractivity contribution is 7.80. The van der Waals surface area contributed by atoms with Gasteiger partial charge in [-0.1, -0.05) is 12.0 Å². The van der Waals surface area contributed by atoms with Crippen molar-refractivity contribution in [1.29, 1.82) is 0 Å². The van der Waals surface area contributed by atoms with Crippen LogP contribution >= 0.6 is 12.2 Å². The Hall–Kier alpha value is -2.13. The molecule has 1 heterocycles. The van der Waals surface area contributed by atoms with Gasteiger partial charge in [-0.15, -0.1) is 6.42 Å². The van der Waals surface area contributed by atoms with Crippen molar-refractivity contribution in [3.63, 3.8) is 0 Å². The zero-order valence-electron chi connectivity index (χ0n) is 9.18. The molecule has 1 rings (SSSR count). The van der Waals surface area contributed by atoms with E-state index >= 15 is 0 Å². The number of aromatic nitrogens is 1. The molecule has 0 spiro atoms. The fourth-order valence-corrected chi connectivity index (χ4v) is 1.19. The molecule has 0 atom stereocenters. The van der Waals surface area contributed by atoms with Gasteiger partial charge in [0, 0.05) is 18.9 Å². The van der Waals surface area contributed by atoms with Gasteiger partial charge in [0.2, 0.25) is 0 Å². The van der Waals surface area contributed by atoms with Gasteiger partial charge < -0.3 is 16.4 Å². The first-order valence-electron chi connectivity index (χ1n) is 4.89. The van der Waals surface area contributed by atoms with Gasteiger partial charge in [0.25, 0.3) is 0 Å². The van der Waals surface area contributed by atoms with Crippen LogP contribution in [0.2, 0.25) is 0 Å². The average molecular weight is 247 g/mol. The molecular weight excluding hydrogens is 234 g/mol. The molecule has 6 heteroatoms. The Morgan fingerprint density at radius 1 is 1.65 bits per heavy atom. The Morgan fingerprint density at radius 3 is 3.12 bits per heavy atom. The van der Waals surface area contributed by atoms with Gasteiger partial charge in [-0.2, -0.15) is 0 Å². The number of aliphatic imine (C=N–C) groups is 1. The number of hydrogen-bond donors (Lipinski definition) is 3. The molecule has 0 aliphatic rings. The SMILES string of the molecule is C#CCN=C(N)NC(=S)NCc1cccnc1. The van der Waals surface area contributed by atoms with E-state index in [1.165, 1.54) is 0 Å². The highest BCUT2D eigenvalue weighted by atomic mass is 32.1. The number of nitrogens with zero attached hydrogens (tertiary/aromatic N) is 2. The number of nitrogens with one attached hydrogen (secondary N) is 2. The second kappa shape index (κ2) is 7.19. The summed E-state index contributed by atoms with van der Waals surface area (Å²) in [5.74, 6) is 2.55. The topological polar surface area (TPSA) is 75.3 Å². The van der Waals surface area contributed by atoms with Crippen LogP contribution in [0.5, 0.6) is 0 Å².